The minimum Gasteiger partial charge on any atom is -0.264 e. The van der Waals surface area contributed by atoms with E-state index in [9.17, 15) is 0 Å². The Balaban J connectivity index is 2.16. The van der Waals surface area contributed by atoms with Crippen LogP contribution in [0.3, 0.4) is 0 Å². The van der Waals surface area contributed by atoms with Crippen LogP contribution in [0.1, 0.15) is 11.1 Å². The lowest BCUT2D eigenvalue weighted by Gasteiger charge is -2.42. The van der Waals surface area contributed by atoms with E-state index in [2.05, 4.69) is 0 Å². The molecule has 0 radical (unpaired) electrons. The fourth-order valence-electron chi connectivity index (χ4n) is 2.31. The molecule has 3 rings (SSSR count). The fourth-order valence-corrected chi connectivity index (χ4v) is 2.31. The summed E-state index contributed by atoms with van der Waals surface area (Å²) in [6.45, 7) is 0.0813. The van der Waals surface area contributed by atoms with Crippen molar-refractivity contribution >= 4 is 0 Å². The predicted octanol–water partition coefficient (Wildman–Crippen LogP) is 2.67. The van der Waals surface area contributed by atoms with E-state index in [1.165, 1.54) is 0 Å². The standard InChI is InChI=1S/C15H15NO3/c1-16-15(19-18-12-17-16,13-8-4-2-5-9-13)14-10-6-3-7-11-14/h2-11H,12H2,1H3. The third-order valence-electron chi connectivity index (χ3n) is 3.25. The molecule has 1 aliphatic rings. The van der Waals surface area contributed by atoms with E-state index in [1.807, 2.05) is 67.7 Å². The first kappa shape index (κ1) is 12.3. The zero-order valence-corrected chi connectivity index (χ0v) is 10.7. The van der Waals surface area contributed by atoms with Gasteiger partial charge >= 0.3 is 0 Å². The number of rotatable bonds is 2. The highest BCUT2D eigenvalue weighted by Crippen LogP contribution is 2.38. The van der Waals surface area contributed by atoms with Gasteiger partial charge in [-0.25, -0.2) is 4.89 Å². The van der Waals surface area contributed by atoms with Crippen molar-refractivity contribution in [2.75, 3.05) is 13.8 Å². The summed E-state index contributed by atoms with van der Waals surface area (Å²) in [5, 5.41) is 1.68. The highest BCUT2D eigenvalue weighted by Gasteiger charge is 2.44. The summed E-state index contributed by atoms with van der Waals surface area (Å²) in [6.07, 6.45) is 0. The van der Waals surface area contributed by atoms with Gasteiger partial charge in [-0.3, -0.25) is 4.84 Å². The molecule has 0 aliphatic carbocycles. The van der Waals surface area contributed by atoms with Crippen molar-refractivity contribution < 1.29 is 14.6 Å². The molecule has 0 atom stereocenters. The van der Waals surface area contributed by atoms with Gasteiger partial charge in [-0.2, -0.15) is 4.89 Å². The van der Waals surface area contributed by atoms with Crippen molar-refractivity contribution in [1.82, 2.24) is 5.06 Å². The van der Waals surface area contributed by atoms with Gasteiger partial charge in [0.1, 0.15) is 0 Å². The van der Waals surface area contributed by atoms with Crippen LogP contribution in [0.15, 0.2) is 60.7 Å². The maximum Gasteiger partial charge on any atom is 0.229 e. The van der Waals surface area contributed by atoms with Gasteiger partial charge in [0.15, 0.2) is 0 Å². The number of hydroxylamine groups is 2. The molecule has 98 valence electrons. The van der Waals surface area contributed by atoms with Gasteiger partial charge in [-0.15, -0.1) is 5.06 Å². The molecule has 1 heterocycles. The molecule has 4 heteroatoms. The zero-order chi connectivity index (χ0) is 13.1. The predicted molar refractivity (Wildman–Crippen MR) is 69.5 cm³/mol. The van der Waals surface area contributed by atoms with Crippen LogP contribution < -0.4 is 0 Å². The third-order valence-corrected chi connectivity index (χ3v) is 3.25. The smallest absolute Gasteiger partial charge is 0.229 e. The van der Waals surface area contributed by atoms with Crippen molar-refractivity contribution in [3.63, 3.8) is 0 Å². The van der Waals surface area contributed by atoms with Crippen LogP contribution in [0.25, 0.3) is 0 Å². The molecule has 1 fully saturated rings. The molecule has 4 nitrogen and oxygen atoms in total. The molecule has 0 unspecified atom stereocenters. The van der Waals surface area contributed by atoms with E-state index in [4.69, 9.17) is 14.6 Å². The van der Waals surface area contributed by atoms with Crippen LogP contribution in [0, 0.1) is 0 Å². The number of nitrogens with zero attached hydrogens (tertiary/aromatic N) is 1. The molecule has 1 saturated heterocycles. The Hall–Kier alpha value is -1.72. The zero-order valence-electron chi connectivity index (χ0n) is 10.7. The molecular weight excluding hydrogens is 242 g/mol. The molecule has 0 bridgehead atoms. The van der Waals surface area contributed by atoms with Crippen LogP contribution in [-0.2, 0) is 20.3 Å². The Morgan fingerprint density at radius 1 is 0.895 bits per heavy atom. The maximum atomic E-state index is 5.65. The first-order chi connectivity index (χ1) is 9.34. The molecule has 0 saturated carbocycles. The van der Waals surface area contributed by atoms with Crippen molar-refractivity contribution in [3.05, 3.63) is 71.8 Å². The average Bonchev–Trinajstić information content (AvgIpc) is 2.50. The topological polar surface area (TPSA) is 30.9 Å². The van der Waals surface area contributed by atoms with Gasteiger partial charge in [0, 0.05) is 18.2 Å². The van der Waals surface area contributed by atoms with Crippen LogP contribution in [0.4, 0.5) is 0 Å². The first-order valence-corrected chi connectivity index (χ1v) is 6.12. The van der Waals surface area contributed by atoms with Crippen molar-refractivity contribution in [1.29, 1.82) is 0 Å². The quantitative estimate of drug-likeness (QED) is 0.774. The highest BCUT2D eigenvalue weighted by molar-refractivity contribution is 5.35. The largest absolute Gasteiger partial charge is 0.264 e. The lowest BCUT2D eigenvalue weighted by molar-refractivity contribution is -0.520. The second-order valence-corrected chi connectivity index (χ2v) is 4.32. The molecule has 2 aromatic carbocycles. The summed E-state index contributed by atoms with van der Waals surface area (Å²) in [5.41, 5.74) is 1.01. The van der Waals surface area contributed by atoms with Crippen LogP contribution in [0.5, 0.6) is 0 Å². The lowest BCUT2D eigenvalue weighted by atomic mass is 9.94. The average molecular weight is 257 g/mol. The van der Waals surface area contributed by atoms with E-state index in [1.54, 1.807) is 5.06 Å². The van der Waals surface area contributed by atoms with E-state index in [-0.39, 0.29) is 6.79 Å². The van der Waals surface area contributed by atoms with E-state index in [0.717, 1.165) is 11.1 Å². The van der Waals surface area contributed by atoms with E-state index < -0.39 is 5.72 Å². The van der Waals surface area contributed by atoms with Gasteiger partial charge in [0.2, 0.25) is 12.5 Å². The van der Waals surface area contributed by atoms with Crippen molar-refractivity contribution in [3.8, 4) is 0 Å². The third kappa shape index (κ3) is 2.05. The molecular formula is C15H15NO3. The summed E-state index contributed by atoms with van der Waals surface area (Å²) < 4.78 is 0. The summed E-state index contributed by atoms with van der Waals surface area (Å²) in [7, 11) is 1.84. The Labute approximate surface area is 112 Å². The summed E-state index contributed by atoms with van der Waals surface area (Å²) >= 11 is 0. The van der Waals surface area contributed by atoms with E-state index in [0.29, 0.717) is 0 Å². The second kappa shape index (κ2) is 5.11. The molecule has 0 spiro atoms. The number of hydrogen-bond donors (Lipinski definition) is 0. The van der Waals surface area contributed by atoms with Gasteiger partial charge in [0.05, 0.1) is 0 Å². The van der Waals surface area contributed by atoms with Crippen LogP contribution in [0.2, 0.25) is 0 Å². The second-order valence-electron chi connectivity index (χ2n) is 4.32. The monoisotopic (exact) mass is 257 g/mol. The molecule has 0 amide bonds. The van der Waals surface area contributed by atoms with E-state index >= 15 is 0 Å². The number of benzene rings is 2. The molecule has 19 heavy (non-hydrogen) atoms. The summed E-state index contributed by atoms with van der Waals surface area (Å²) in [5.74, 6) is 0. The van der Waals surface area contributed by atoms with Crippen molar-refractivity contribution in [2.45, 2.75) is 5.72 Å². The molecule has 2 aromatic rings. The highest BCUT2D eigenvalue weighted by atomic mass is 17.3. The first-order valence-electron chi connectivity index (χ1n) is 6.12. The minimum atomic E-state index is -0.888. The summed E-state index contributed by atoms with van der Waals surface area (Å²) in [4.78, 5) is 16.2. The van der Waals surface area contributed by atoms with Crippen LogP contribution in [-0.4, -0.2) is 18.9 Å². The molecule has 1 aliphatic heterocycles. The van der Waals surface area contributed by atoms with Crippen LogP contribution >= 0.6 is 0 Å². The lowest BCUT2D eigenvalue weighted by Crippen LogP contribution is -2.50. The fraction of sp³-hybridized carbons (Fsp3) is 0.200. The minimum absolute atomic E-state index is 0.0813. The van der Waals surface area contributed by atoms with Gasteiger partial charge in [-0.05, 0) is 0 Å². The Kier molecular flexibility index (Phi) is 3.31. The Bertz CT molecular complexity index is 490. The maximum absolute atomic E-state index is 5.65. The van der Waals surface area contributed by atoms with Gasteiger partial charge in [0.25, 0.3) is 0 Å². The normalized spacial score (nSPS) is 19.2. The Morgan fingerprint density at radius 3 is 1.89 bits per heavy atom. The Morgan fingerprint density at radius 2 is 1.42 bits per heavy atom. The van der Waals surface area contributed by atoms with Crippen molar-refractivity contribution in [2.24, 2.45) is 0 Å². The van der Waals surface area contributed by atoms with Gasteiger partial charge in [-0.1, -0.05) is 60.7 Å². The molecule has 0 N–H and O–H groups in total. The SMILES string of the molecule is CN1OCOOC1(c1ccccc1)c1ccccc1. The summed E-state index contributed by atoms with van der Waals surface area (Å²) in [6, 6.07) is 19.7. The number of hydrogen-bond acceptors (Lipinski definition) is 4. The molecule has 0 aromatic heterocycles. The van der Waals surface area contributed by atoms with Gasteiger partial charge < -0.3 is 0 Å².